The number of rotatable bonds is 2. The molecule has 3 rings (SSSR count). The van der Waals surface area contributed by atoms with E-state index in [2.05, 4.69) is 53.5 Å². The zero-order valence-electron chi connectivity index (χ0n) is 11.5. The second-order valence-electron chi connectivity index (χ2n) is 5.52. The Labute approximate surface area is 118 Å². The van der Waals surface area contributed by atoms with E-state index in [0.29, 0.717) is 6.04 Å². The van der Waals surface area contributed by atoms with Crippen LogP contribution < -0.4 is 5.73 Å². The van der Waals surface area contributed by atoms with Gasteiger partial charge in [0.25, 0.3) is 0 Å². The van der Waals surface area contributed by atoms with Crippen molar-refractivity contribution in [1.82, 2.24) is 9.80 Å². The first-order chi connectivity index (χ1) is 9.16. The largest absolute Gasteiger partial charge is 0.323 e. The molecule has 1 aromatic heterocycles. The molecule has 0 amide bonds. The molecule has 2 unspecified atom stereocenters. The quantitative estimate of drug-likeness (QED) is 0.911. The summed E-state index contributed by atoms with van der Waals surface area (Å²) in [7, 11) is 4.37. The van der Waals surface area contributed by atoms with Crippen LogP contribution in [0.5, 0.6) is 0 Å². The van der Waals surface area contributed by atoms with Gasteiger partial charge in [0.2, 0.25) is 0 Å². The number of likely N-dealkylation sites (N-methyl/N-ethyl adjacent to an activating group) is 2. The summed E-state index contributed by atoms with van der Waals surface area (Å²) in [5.74, 6) is 0. The molecule has 19 heavy (non-hydrogen) atoms. The van der Waals surface area contributed by atoms with Crippen molar-refractivity contribution in [3.63, 3.8) is 0 Å². The highest BCUT2D eigenvalue weighted by Gasteiger charge is 2.29. The molecular formula is C15H21N3S. The van der Waals surface area contributed by atoms with Crippen LogP contribution >= 0.6 is 11.3 Å². The minimum Gasteiger partial charge on any atom is -0.323 e. The highest BCUT2D eigenvalue weighted by atomic mass is 32.1. The number of hydrogen-bond acceptors (Lipinski definition) is 4. The fourth-order valence-electron chi connectivity index (χ4n) is 2.92. The molecule has 1 saturated heterocycles. The van der Waals surface area contributed by atoms with E-state index in [0.717, 1.165) is 19.6 Å². The Morgan fingerprint density at radius 1 is 1.26 bits per heavy atom. The molecule has 1 aliphatic rings. The molecule has 2 N–H and O–H groups in total. The van der Waals surface area contributed by atoms with Crippen LogP contribution in [0.2, 0.25) is 0 Å². The zero-order valence-corrected chi connectivity index (χ0v) is 12.4. The van der Waals surface area contributed by atoms with Crippen molar-refractivity contribution in [1.29, 1.82) is 0 Å². The Kier molecular flexibility index (Phi) is 3.58. The van der Waals surface area contributed by atoms with E-state index in [4.69, 9.17) is 5.73 Å². The van der Waals surface area contributed by atoms with Gasteiger partial charge < -0.3 is 10.6 Å². The van der Waals surface area contributed by atoms with Crippen LogP contribution in [0.3, 0.4) is 0 Å². The van der Waals surface area contributed by atoms with Crippen molar-refractivity contribution < 1.29 is 0 Å². The minimum absolute atomic E-state index is 0.0788. The number of fused-ring (bicyclic) bond motifs is 1. The summed E-state index contributed by atoms with van der Waals surface area (Å²) in [6.07, 6.45) is 0. The molecule has 2 atom stereocenters. The van der Waals surface area contributed by atoms with Gasteiger partial charge in [-0.25, -0.2) is 0 Å². The molecule has 0 spiro atoms. The lowest BCUT2D eigenvalue weighted by molar-refractivity contribution is 0.0977. The number of nitrogens with zero attached hydrogens (tertiary/aromatic N) is 2. The number of hydrogen-bond donors (Lipinski definition) is 1. The van der Waals surface area contributed by atoms with Gasteiger partial charge in [0.05, 0.1) is 0 Å². The van der Waals surface area contributed by atoms with Crippen LogP contribution in [0.1, 0.15) is 11.6 Å². The zero-order chi connectivity index (χ0) is 13.4. The SMILES string of the molecule is CN1CCN(C)C(C(N)c2cccc3ccsc23)C1. The summed E-state index contributed by atoms with van der Waals surface area (Å²) in [5.41, 5.74) is 7.88. The van der Waals surface area contributed by atoms with Crippen LogP contribution in [-0.2, 0) is 0 Å². The van der Waals surface area contributed by atoms with Gasteiger partial charge in [-0.3, -0.25) is 4.90 Å². The van der Waals surface area contributed by atoms with E-state index in [1.54, 1.807) is 11.3 Å². The monoisotopic (exact) mass is 275 g/mol. The Hall–Kier alpha value is -0.940. The van der Waals surface area contributed by atoms with Gasteiger partial charge in [-0.15, -0.1) is 11.3 Å². The molecule has 3 nitrogen and oxygen atoms in total. The summed E-state index contributed by atoms with van der Waals surface area (Å²) in [6.45, 7) is 3.26. The standard InChI is InChI=1S/C15H21N3S/c1-17-7-8-18(2)13(10-17)14(16)12-5-3-4-11-6-9-19-15(11)12/h3-6,9,13-14H,7-8,10,16H2,1-2H3. The smallest absolute Gasteiger partial charge is 0.0479 e. The molecule has 0 saturated carbocycles. The lowest BCUT2D eigenvalue weighted by Gasteiger charge is -2.40. The molecule has 0 bridgehead atoms. The van der Waals surface area contributed by atoms with E-state index < -0.39 is 0 Å². The third-order valence-corrected chi connectivity index (χ3v) is 5.16. The van der Waals surface area contributed by atoms with Crippen LogP contribution in [0.15, 0.2) is 29.6 Å². The average Bonchev–Trinajstić information content (AvgIpc) is 2.89. The maximum atomic E-state index is 6.59. The fraction of sp³-hybridized carbons (Fsp3) is 0.467. The van der Waals surface area contributed by atoms with Crippen molar-refractivity contribution in [2.75, 3.05) is 33.7 Å². The minimum atomic E-state index is 0.0788. The lowest BCUT2D eigenvalue weighted by Crippen LogP contribution is -2.54. The predicted octanol–water partition coefficient (Wildman–Crippen LogP) is 2.15. The van der Waals surface area contributed by atoms with Gasteiger partial charge in [-0.05, 0) is 36.5 Å². The summed E-state index contributed by atoms with van der Waals surface area (Å²) in [6, 6.07) is 9.12. The lowest BCUT2D eigenvalue weighted by atomic mass is 9.96. The van der Waals surface area contributed by atoms with Gasteiger partial charge in [-0.2, -0.15) is 0 Å². The van der Waals surface area contributed by atoms with Crippen molar-refractivity contribution >= 4 is 21.4 Å². The fourth-order valence-corrected chi connectivity index (χ4v) is 3.88. The molecule has 0 aliphatic carbocycles. The number of thiophene rings is 1. The molecule has 1 fully saturated rings. The third kappa shape index (κ3) is 2.41. The molecule has 1 aliphatic heterocycles. The molecule has 1 aromatic carbocycles. The van der Waals surface area contributed by atoms with Crippen LogP contribution in [0, 0.1) is 0 Å². The molecule has 2 aromatic rings. The summed E-state index contributed by atoms with van der Waals surface area (Å²) >= 11 is 1.80. The van der Waals surface area contributed by atoms with Gasteiger partial charge in [0.15, 0.2) is 0 Å². The molecule has 0 radical (unpaired) electrons. The van der Waals surface area contributed by atoms with E-state index in [1.165, 1.54) is 15.6 Å². The summed E-state index contributed by atoms with van der Waals surface area (Å²) in [4.78, 5) is 4.77. The first-order valence-corrected chi connectivity index (χ1v) is 7.65. The summed E-state index contributed by atoms with van der Waals surface area (Å²) < 4.78 is 1.34. The number of piperazine rings is 1. The Morgan fingerprint density at radius 3 is 2.95 bits per heavy atom. The topological polar surface area (TPSA) is 32.5 Å². The maximum absolute atomic E-state index is 6.59. The number of nitrogens with two attached hydrogens (primary N) is 1. The van der Waals surface area contributed by atoms with Crippen LogP contribution in [-0.4, -0.2) is 49.6 Å². The van der Waals surface area contributed by atoms with Gasteiger partial charge in [-0.1, -0.05) is 18.2 Å². The second-order valence-corrected chi connectivity index (χ2v) is 6.44. The van der Waals surface area contributed by atoms with Crippen molar-refractivity contribution in [2.45, 2.75) is 12.1 Å². The van der Waals surface area contributed by atoms with Gasteiger partial charge in [0, 0.05) is 36.4 Å². The molecule has 2 heterocycles. The van der Waals surface area contributed by atoms with Crippen LogP contribution in [0.25, 0.3) is 10.1 Å². The highest BCUT2D eigenvalue weighted by molar-refractivity contribution is 7.17. The van der Waals surface area contributed by atoms with E-state index in [9.17, 15) is 0 Å². The first kappa shape index (κ1) is 13.1. The van der Waals surface area contributed by atoms with E-state index >= 15 is 0 Å². The molecular weight excluding hydrogens is 254 g/mol. The maximum Gasteiger partial charge on any atom is 0.0479 e. The van der Waals surface area contributed by atoms with Crippen molar-refractivity contribution in [3.05, 3.63) is 35.2 Å². The Bertz CT molecular complexity index is 565. The van der Waals surface area contributed by atoms with Crippen molar-refractivity contribution in [2.24, 2.45) is 5.73 Å². The van der Waals surface area contributed by atoms with Crippen molar-refractivity contribution in [3.8, 4) is 0 Å². The van der Waals surface area contributed by atoms with E-state index in [-0.39, 0.29) is 6.04 Å². The average molecular weight is 275 g/mol. The second kappa shape index (κ2) is 5.21. The predicted molar refractivity (Wildman–Crippen MR) is 82.7 cm³/mol. The van der Waals surface area contributed by atoms with Gasteiger partial charge >= 0.3 is 0 Å². The Morgan fingerprint density at radius 2 is 2.11 bits per heavy atom. The van der Waals surface area contributed by atoms with E-state index in [1.807, 2.05) is 0 Å². The Balaban J connectivity index is 1.94. The first-order valence-electron chi connectivity index (χ1n) is 6.77. The third-order valence-electron chi connectivity index (χ3n) is 4.18. The normalized spacial score (nSPS) is 23.8. The van der Waals surface area contributed by atoms with Crippen LogP contribution in [0.4, 0.5) is 0 Å². The van der Waals surface area contributed by atoms with Gasteiger partial charge in [0.1, 0.15) is 0 Å². The molecule has 102 valence electrons. The summed E-state index contributed by atoms with van der Waals surface area (Å²) in [5, 5.41) is 3.46. The number of benzene rings is 1. The molecule has 4 heteroatoms. The highest BCUT2D eigenvalue weighted by Crippen LogP contribution is 2.31.